The summed E-state index contributed by atoms with van der Waals surface area (Å²) >= 11 is 6.14. The normalized spacial score (nSPS) is 15.2. The van der Waals surface area contributed by atoms with Crippen LogP contribution in [0.2, 0.25) is 0 Å². The summed E-state index contributed by atoms with van der Waals surface area (Å²) in [6, 6.07) is 11.7. The topological polar surface area (TPSA) is 27.6 Å². The molecular formula is C22H14ClF2N3. The molecule has 1 N–H and O–H groups in total. The van der Waals surface area contributed by atoms with Gasteiger partial charge in [0.25, 0.3) is 0 Å². The van der Waals surface area contributed by atoms with Crippen LogP contribution in [0.4, 0.5) is 14.5 Å². The number of hydrogen-bond donors (Lipinski definition) is 1. The average Bonchev–Trinajstić information content (AvgIpc) is 2.68. The third kappa shape index (κ3) is 3.42. The van der Waals surface area contributed by atoms with Gasteiger partial charge in [-0.25, -0.2) is 13.8 Å². The van der Waals surface area contributed by atoms with Crippen molar-refractivity contribution >= 4 is 23.1 Å². The molecule has 0 aromatic heterocycles. The first kappa shape index (κ1) is 18.0. The van der Waals surface area contributed by atoms with E-state index in [-0.39, 0.29) is 11.3 Å². The monoisotopic (exact) mass is 393 g/mol. The summed E-state index contributed by atoms with van der Waals surface area (Å²) in [4.78, 5) is 5.73. The zero-order valence-electron chi connectivity index (χ0n) is 14.8. The van der Waals surface area contributed by atoms with Gasteiger partial charge in [0.1, 0.15) is 17.2 Å². The van der Waals surface area contributed by atoms with Crippen LogP contribution >= 0.6 is 11.6 Å². The van der Waals surface area contributed by atoms with Crippen molar-refractivity contribution in [3.63, 3.8) is 0 Å². The van der Waals surface area contributed by atoms with E-state index in [9.17, 15) is 8.78 Å². The molecule has 2 aromatic carbocycles. The Morgan fingerprint density at radius 3 is 2.43 bits per heavy atom. The van der Waals surface area contributed by atoms with E-state index in [0.29, 0.717) is 22.3 Å². The molecule has 3 nitrogen and oxygen atoms in total. The van der Waals surface area contributed by atoms with Crippen LogP contribution < -0.4 is 10.2 Å². The summed E-state index contributed by atoms with van der Waals surface area (Å²) in [5.74, 6) is 4.63. The lowest BCUT2D eigenvalue weighted by atomic mass is 10.1. The first-order valence-electron chi connectivity index (χ1n) is 8.48. The Bertz CT molecular complexity index is 1110. The second-order valence-electron chi connectivity index (χ2n) is 6.15. The Morgan fingerprint density at radius 1 is 1.04 bits per heavy atom. The molecule has 0 radical (unpaired) electrons. The number of allylic oxidation sites excluding steroid dienone is 2. The lowest BCUT2D eigenvalue weighted by Crippen LogP contribution is -2.31. The van der Waals surface area contributed by atoms with E-state index >= 15 is 0 Å². The van der Waals surface area contributed by atoms with E-state index < -0.39 is 11.6 Å². The molecule has 0 saturated carbocycles. The maximum atomic E-state index is 14.8. The van der Waals surface area contributed by atoms with E-state index in [1.165, 1.54) is 17.0 Å². The van der Waals surface area contributed by atoms with Gasteiger partial charge in [-0.1, -0.05) is 41.6 Å². The highest BCUT2D eigenvalue weighted by Gasteiger charge is 2.25. The van der Waals surface area contributed by atoms with Crippen molar-refractivity contribution in [2.75, 3.05) is 4.90 Å². The fraction of sp³-hybridized carbons (Fsp3) is 0.0455. The molecule has 2 aromatic rings. The number of nitrogens with zero attached hydrogens (tertiary/aromatic N) is 2. The lowest BCUT2D eigenvalue weighted by Gasteiger charge is -2.28. The highest BCUT2D eigenvalue weighted by atomic mass is 35.5. The predicted octanol–water partition coefficient (Wildman–Crippen LogP) is 5.01. The summed E-state index contributed by atoms with van der Waals surface area (Å²) < 4.78 is 29.6. The van der Waals surface area contributed by atoms with Gasteiger partial charge in [0.15, 0.2) is 11.6 Å². The number of hydrogen-bond acceptors (Lipinski definition) is 3. The van der Waals surface area contributed by atoms with E-state index in [4.69, 9.17) is 11.6 Å². The Kier molecular flexibility index (Phi) is 4.72. The van der Waals surface area contributed by atoms with Crippen LogP contribution in [-0.4, -0.2) is 5.84 Å². The van der Waals surface area contributed by atoms with E-state index in [2.05, 4.69) is 22.2 Å². The largest absolute Gasteiger partial charge is 0.359 e. The first-order chi connectivity index (χ1) is 13.5. The van der Waals surface area contributed by atoms with Crippen LogP contribution in [0.25, 0.3) is 0 Å². The van der Waals surface area contributed by atoms with Crippen LogP contribution in [0.3, 0.4) is 0 Å². The maximum absolute atomic E-state index is 14.8. The zero-order valence-corrected chi connectivity index (χ0v) is 15.6. The van der Waals surface area contributed by atoms with E-state index in [1.54, 1.807) is 25.4 Å². The molecule has 0 fully saturated rings. The summed E-state index contributed by atoms with van der Waals surface area (Å²) in [7, 11) is 0. The molecule has 28 heavy (non-hydrogen) atoms. The summed E-state index contributed by atoms with van der Waals surface area (Å²) in [5.41, 5.74) is 1.90. The van der Waals surface area contributed by atoms with Gasteiger partial charge in [-0.15, -0.1) is 0 Å². The van der Waals surface area contributed by atoms with Gasteiger partial charge in [0.05, 0.1) is 10.7 Å². The minimum absolute atomic E-state index is 0.217. The van der Waals surface area contributed by atoms with Gasteiger partial charge in [-0.05, 0) is 37.3 Å². The van der Waals surface area contributed by atoms with Crippen LogP contribution in [-0.2, 0) is 0 Å². The molecule has 0 unspecified atom stereocenters. The van der Waals surface area contributed by atoms with Crippen molar-refractivity contribution in [3.8, 4) is 11.8 Å². The molecule has 138 valence electrons. The number of halogens is 3. The Hall–Kier alpha value is -3.36. The average molecular weight is 394 g/mol. The van der Waals surface area contributed by atoms with Crippen LogP contribution in [0.5, 0.6) is 0 Å². The second-order valence-corrected chi connectivity index (χ2v) is 6.56. The molecule has 2 heterocycles. The molecule has 2 aliphatic rings. The Morgan fingerprint density at radius 2 is 1.71 bits per heavy atom. The number of aliphatic imine (C=N–C) groups is 1. The van der Waals surface area contributed by atoms with E-state index in [0.717, 1.165) is 5.56 Å². The van der Waals surface area contributed by atoms with Gasteiger partial charge in [-0.3, -0.25) is 4.90 Å². The van der Waals surface area contributed by atoms with Crippen molar-refractivity contribution in [1.82, 2.24) is 5.32 Å². The third-order valence-corrected chi connectivity index (χ3v) is 4.52. The molecule has 2 aliphatic heterocycles. The molecule has 0 saturated heterocycles. The number of nitrogens with one attached hydrogen (secondary N) is 1. The fourth-order valence-electron chi connectivity index (χ4n) is 2.89. The summed E-state index contributed by atoms with van der Waals surface area (Å²) in [5, 5.41) is 3.44. The molecule has 0 aliphatic carbocycles. The number of fused-ring (bicyclic) bond motifs is 1. The van der Waals surface area contributed by atoms with Gasteiger partial charge < -0.3 is 5.32 Å². The SMILES string of the molecule is CC1=NC2=C(Cl)C=CNC2=CN1c1c(F)cc(C#Cc2ccccc2)cc1F. The van der Waals surface area contributed by atoms with Gasteiger partial charge >= 0.3 is 0 Å². The van der Waals surface area contributed by atoms with Crippen molar-refractivity contribution in [3.05, 3.63) is 100 Å². The molecule has 0 atom stereocenters. The number of rotatable bonds is 1. The number of dihydropyridines is 1. The number of benzene rings is 2. The van der Waals surface area contributed by atoms with E-state index in [1.807, 2.05) is 30.3 Å². The quantitative estimate of drug-likeness (QED) is 0.689. The Labute approximate surface area is 166 Å². The molecule has 6 heteroatoms. The highest BCUT2D eigenvalue weighted by Crippen LogP contribution is 2.32. The first-order valence-corrected chi connectivity index (χ1v) is 8.86. The minimum atomic E-state index is -0.728. The Balaban J connectivity index is 1.70. The minimum Gasteiger partial charge on any atom is -0.359 e. The van der Waals surface area contributed by atoms with Crippen molar-refractivity contribution < 1.29 is 8.78 Å². The van der Waals surface area contributed by atoms with Gasteiger partial charge in [0.2, 0.25) is 0 Å². The third-order valence-electron chi connectivity index (χ3n) is 4.21. The summed E-state index contributed by atoms with van der Waals surface area (Å²) in [6.07, 6.45) is 4.88. The molecule has 0 amide bonds. The van der Waals surface area contributed by atoms with Crippen molar-refractivity contribution in [2.45, 2.75) is 6.92 Å². The maximum Gasteiger partial charge on any atom is 0.151 e. The second kappa shape index (κ2) is 7.34. The van der Waals surface area contributed by atoms with Gasteiger partial charge in [0, 0.05) is 23.5 Å². The molecule has 0 bridgehead atoms. The van der Waals surface area contributed by atoms with Crippen molar-refractivity contribution in [1.29, 1.82) is 0 Å². The van der Waals surface area contributed by atoms with Crippen LogP contribution in [0.15, 0.2) is 82.4 Å². The summed E-state index contributed by atoms with van der Waals surface area (Å²) in [6.45, 7) is 1.66. The highest BCUT2D eigenvalue weighted by molar-refractivity contribution is 6.32. The zero-order chi connectivity index (χ0) is 19.7. The molecule has 0 spiro atoms. The van der Waals surface area contributed by atoms with Crippen molar-refractivity contribution in [2.24, 2.45) is 4.99 Å². The van der Waals surface area contributed by atoms with Crippen LogP contribution in [0, 0.1) is 23.5 Å². The van der Waals surface area contributed by atoms with Gasteiger partial charge in [-0.2, -0.15) is 0 Å². The number of amidine groups is 1. The fourth-order valence-corrected chi connectivity index (χ4v) is 3.10. The lowest BCUT2D eigenvalue weighted by molar-refractivity contribution is 0.585. The molecular weight excluding hydrogens is 380 g/mol. The standard InChI is InChI=1S/C22H14ClF2N3/c1-14-27-21-17(23)9-10-26-20(21)13-28(14)22-18(24)11-16(12-19(22)25)8-7-15-5-3-2-4-6-15/h2-6,9-13,26H,1H3. The number of anilines is 1. The predicted molar refractivity (Wildman–Crippen MR) is 108 cm³/mol. The molecule has 4 rings (SSSR count). The smallest absolute Gasteiger partial charge is 0.151 e. The van der Waals surface area contributed by atoms with Crippen LogP contribution in [0.1, 0.15) is 18.1 Å².